The summed E-state index contributed by atoms with van der Waals surface area (Å²) in [5.74, 6) is -0.868. The first-order valence-electron chi connectivity index (χ1n) is 7.51. The maximum atomic E-state index is 10.6. The summed E-state index contributed by atoms with van der Waals surface area (Å²) < 4.78 is 10.7. The zero-order valence-corrected chi connectivity index (χ0v) is 12.6. The lowest BCUT2D eigenvalue weighted by atomic mass is 10.1. The summed E-state index contributed by atoms with van der Waals surface area (Å²) in [4.78, 5) is 14.9. The van der Waals surface area contributed by atoms with Crippen molar-refractivity contribution in [3.63, 3.8) is 0 Å². The zero-order chi connectivity index (χ0) is 16.5. The highest BCUT2D eigenvalue weighted by molar-refractivity contribution is 5.68. The summed E-state index contributed by atoms with van der Waals surface area (Å²) >= 11 is 0. The number of hydrogen-bond donors (Lipinski definition) is 2. The first-order valence-corrected chi connectivity index (χ1v) is 7.51. The molecule has 2 N–H and O–H groups in total. The number of aromatic nitrogens is 3. The molecule has 122 valence electrons. The summed E-state index contributed by atoms with van der Waals surface area (Å²) in [6, 6.07) is 8.92. The molecule has 1 aliphatic rings. The highest BCUT2D eigenvalue weighted by Gasteiger charge is 2.23. The monoisotopic (exact) mass is 326 g/mol. The van der Waals surface area contributed by atoms with Crippen LogP contribution in [-0.2, 0) is 24.1 Å². The van der Waals surface area contributed by atoms with Gasteiger partial charge in [-0.15, -0.1) is 10.2 Å². The van der Waals surface area contributed by atoms with Crippen LogP contribution >= 0.6 is 0 Å². The van der Waals surface area contributed by atoms with Crippen LogP contribution in [0.15, 0.2) is 39.4 Å². The Morgan fingerprint density at radius 2 is 2.00 bits per heavy atom. The quantitative estimate of drug-likeness (QED) is 0.731. The van der Waals surface area contributed by atoms with E-state index in [9.17, 15) is 4.79 Å². The van der Waals surface area contributed by atoms with Gasteiger partial charge in [-0.2, -0.15) is 4.98 Å². The van der Waals surface area contributed by atoms with Crippen molar-refractivity contribution in [3.8, 4) is 11.6 Å². The topological polar surface area (TPSA) is 114 Å². The summed E-state index contributed by atoms with van der Waals surface area (Å²) in [6.07, 6.45) is 2.91. The summed E-state index contributed by atoms with van der Waals surface area (Å²) in [5, 5.41) is 19.4. The number of rotatable bonds is 5. The Morgan fingerprint density at radius 1 is 1.25 bits per heavy atom. The average Bonchev–Trinajstić information content (AvgIpc) is 3.25. The first kappa shape index (κ1) is 14.4. The lowest BCUT2D eigenvalue weighted by Gasteiger charge is -2.08. The normalized spacial score (nSPS) is 13.8. The number of carbonyl (C=O) groups is 1. The van der Waals surface area contributed by atoms with E-state index in [4.69, 9.17) is 13.9 Å². The number of aliphatic carboxylic acids is 1. The fourth-order valence-corrected chi connectivity index (χ4v) is 2.83. The second kappa shape index (κ2) is 5.80. The maximum absolute atomic E-state index is 10.6. The van der Waals surface area contributed by atoms with E-state index in [0.717, 1.165) is 12.8 Å². The molecule has 1 aromatic carbocycles. The Morgan fingerprint density at radius 3 is 2.71 bits per heavy atom. The van der Waals surface area contributed by atoms with Crippen molar-refractivity contribution in [2.75, 3.05) is 5.32 Å². The third-order valence-corrected chi connectivity index (χ3v) is 3.87. The molecular weight excluding hydrogens is 312 g/mol. The van der Waals surface area contributed by atoms with Crippen LogP contribution in [0.2, 0.25) is 0 Å². The van der Waals surface area contributed by atoms with E-state index in [2.05, 4.69) is 32.6 Å². The molecule has 8 heteroatoms. The molecule has 0 amide bonds. The van der Waals surface area contributed by atoms with Gasteiger partial charge in [-0.1, -0.05) is 24.3 Å². The second-order valence-corrected chi connectivity index (χ2v) is 5.63. The van der Waals surface area contributed by atoms with Crippen molar-refractivity contribution in [2.24, 2.45) is 0 Å². The number of fused-ring (bicyclic) bond motifs is 1. The van der Waals surface area contributed by atoms with Gasteiger partial charge in [0, 0.05) is 6.04 Å². The van der Waals surface area contributed by atoms with E-state index < -0.39 is 5.97 Å². The third-order valence-electron chi connectivity index (χ3n) is 3.87. The van der Waals surface area contributed by atoms with Crippen LogP contribution in [0.25, 0.3) is 11.6 Å². The predicted molar refractivity (Wildman–Crippen MR) is 82.4 cm³/mol. The molecule has 3 aromatic rings. The number of carboxylic acids is 1. The van der Waals surface area contributed by atoms with Gasteiger partial charge in [0.25, 0.3) is 11.9 Å². The van der Waals surface area contributed by atoms with Gasteiger partial charge in [-0.3, -0.25) is 4.79 Å². The summed E-state index contributed by atoms with van der Waals surface area (Å²) in [6.45, 7) is 0. The highest BCUT2D eigenvalue weighted by Crippen LogP contribution is 2.25. The van der Waals surface area contributed by atoms with E-state index in [1.807, 2.05) is 12.1 Å². The number of carboxylic acid groups (broad SMARTS) is 1. The van der Waals surface area contributed by atoms with Gasteiger partial charge in [0.2, 0.25) is 5.89 Å². The van der Waals surface area contributed by atoms with Gasteiger partial charge < -0.3 is 19.3 Å². The minimum Gasteiger partial charge on any atom is -0.481 e. The number of nitrogens with one attached hydrogen (secondary N) is 1. The van der Waals surface area contributed by atoms with Crippen molar-refractivity contribution < 1.29 is 18.7 Å². The molecule has 0 bridgehead atoms. The number of benzene rings is 1. The number of anilines is 1. The van der Waals surface area contributed by atoms with Crippen molar-refractivity contribution in [3.05, 3.63) is 47.5 Å². The molecule has 4 rings (SSSR count). The van der Waals surface area contributed by atoms with Gasteiger partial charge in [0.15, 0.2) is 5.69 Å². The lowest BCUT2D eigenvalue weighted by molar-refractivity contribution is -0.136. The van der Waals surface area contributed by atoms with Crippen LogP contribution < -0.4 is 5.32 Å². The average molecular weight is 326 g/mol. The third kappa shape index (κ3) is 2.85. The molecule has 0 aliphatic heterocycles. The Kier molecular flexibility index (Phi) is 3.49. The number of oxazole rings is 1. The fourth-order valence-electron chi connectivity index (χ4n) is 2.83. The minimum absolute atomic E-state index is 0.0289. The Hall–Kier alpha value is -3.16. The van der Waals surface area contributed by atoms with Crippen molar-refractivity contribution in [1.29, 1.82) is 0 Å². The number of hydrogen-bond acceptors (Lipinski definition) is 7. The molecule has 24 heavy (non-hydrogen) atoms. The Labute approximate surface area is 136 Å². The van der Waals surface area contributed by atoms with Gasteiger partial charge >= 0.3 is 5.97 Å². The predicted octanol–water partition coefficient (Wildman–Crippen LogP) is 1.93. The van der Waals surface area contributed by atoms with Gasteiger partial charge in [0.05, 0.1) is 0 Å². The molecular formula is C16H14N4O4. The molecule has 0 radical (unpaired) electrons. The van der Waals surface area contributed by atoms with Crippen LogP contribution in [0.3, 0.4) is 0 Å². The Balaban J connectivity index is 1.44. The van der Waals surface area contributed by atoms with Crippen LogP contribution in [0.1, 0.15) is 17.0 Å². The van der Waals surface area contributed by atoms with E-state index in [0.29, 0.717) is 11.7 Å². The van der Waals surface area contributed by atoms with Crippen LogP contribution in [0, 0.1) is 0 Å². The summed E-state index contributed by atoms with van der Waals surface area (Å²) in [7, 11) is 0. The summed E-state index contributed by atoms with van der Waals surface area (Å²) in [5.41, 5.74) is 3.03. The van der Waals surface area contributed by atoms with E-state index in [1.165, 1.54) is 17.4 Å². The molecule has 0 saturated heterocycles. The SMILES string of the molecule is O=C(O)Cc1nnc(-c2coc(NC3Cc4ccccc4C3)n2)o1. The number of nitrogens with zero attached hydrogens (tertiary/aromatic N) is 3. The molecule has 0 atom stereocenters. The van der Waals surface area contributed by atoms with Gasteiger partial charge in [-0.05, 0) is 24.0 Å². The van der Waals surface area contributed by atoms with E-state index >= 15 is 0 Å². The molecule has 8 nitrogen and oxygen atoms in total. The second-order valence-electron chi connectivity index (χ2n) is 5.63. The molecule has 2 heterocycles. The molecule has 0 saturated carbocycles. The fraction of sp³-hybridized carbons (Fsp3) is 0.250. The molecule has 0 spiro atoms. The minimum atomic E-state index is -1.03. The van der Waals surface area contributed by atoms with Crippen LogP contribution in [0.5, 0.6) is 0 Å². The van der Waals surface area contributed by atoms with Gasteiger partial charge in [-0.25, -0.2) is 0 Å². The highest BCUT2D eigenvalue weighted by atomic mass is 16.4. The smallest absolute Gasteiger partial charge is 0.312 e. The zero-order valence-electron chi connectivity index (χ0n) is 12.6. The van der Waals surface area contributed by atoms with Crippen molar-refractivity contribution >= 4 is 12.0 Å². The van der Waals surface area contributed by atoms with E-state index in [1.54, 1.807) is 0 Å². The molecule has 2 aromatic heterocycles. The Bertz CT molecular complexity index is 861. The van der Waals surface area contributed by atoms with Gasteiger partial charge in [0.1, 0.15) is 12.7 Å². The van der Waals surface area contributed by atoms with E-state index in [-0.39, 0.29) is 24.2 Å². The first-order chi connectivity index (χ1) is 11.7. The van der Waals surface area contributed by atoms with Crippen molar-refractivity contribution in [2.45, 2.75) is 25.3 Å². The molecule has 0 fully saturated rings. The molecule has 1 aliphatic carbocycles. The molecule has 0 unspecified atom stereocenters. The largest absolute Gasteiger partial charge is 0.481 e. The standard InChI is InChI=1S/C16H14N4O4/c21-14(22)7-13-19-20-15(24-13)12-8-23-16(18-12)17-11-5-9-3-1-2-4-10(9)6-11/h1-4,8,11H,5-7H2,(H,17,18)(H,21,22). The lowest BCUT2D eigenvalue weighted by Crippen LogP contribution is -2.19. The van der Waals surface area contributed by atoms with Crippen LogP contribution in [0.4, 0.5) is 6.01 Å². The van der Waals surface area contributed by atoms with Crippen molar-refractivity contribution in [1.82, 2.24) is 15.2 Å². The maximum Gasteiger partial charge on any atom is 0.312 e. The van der Waals surface area contributed by atoms with Crippen LogP contribution in [-0.4, -0.2) is 32.3 Å².